The van der Waals surface area contributed by atoms with E-state index >= 15 is 0 Å². The second-order valence-electron chi connectivity index (χ2n) is 5.55. The predicted octanol–water partition coefficient (Wildman–Crippen LogP) is 2.35. The van der Waals surface area contributed by atoms with Crippen LogP contribution in [-0.4, -0.2) is 41.6 Å². The Morgan fingerprint density at radius 2 is 2.33 bits per heavy atom. The Hall–Kier alpha value is -1.17. The summed E-state index contributed by atoms with van der Waals surface area (Å²) in [5.74, 6) is -0.730. The number of benzene rings is 1. The van der Waals surface area contributed by atoms with E-state index in [0.717, 1.165) is 18.5 Å². The number of nitrogens with zero attached hydrogens (tertiary/aromatic N) is 1. The van der Waals surface area contributed by atoms with Gasteiger partial charge in [-0.15, -0.1) is 0 Å². The minimum Gasteiger partial charge on any atom is -0.468 e. The molecule has 2 atom stereocenters. The SMILES string of the molecule is COC(=O)C(CN1CCC(C)(N)C1=S)c1cccc(Cl)c1. The minimum absolute atomic E-state index is 0.300. The molecule has 0 saturated carbocycles. The maximum absolute atomic E-state index is 12.1. The summed E-state index contributed by atoms with van der Waals surface area (Å²) in [6.07, 6.45) is 0.787. The standard InChI is InChI=1S/C15H19ClN2O2S/c1-15(17)6-7-18(14(15)21)9-12(13(19)20-2)10-4-3-5-11(16)8-10/h3-5,8,12H,6-7,9,17H2,1-2H3. The van der Waals surface area contributed by atoms with Gasteiger partial charge in [0.1, 0.15) is 0 Å². The summed E-state index contributed by atoms with van der Waals surface area (Å²) >= 11 is 11.4. The molecule has 0 radical (unpaired) electrons. The van der Waals surface area contributed by atoms with Crippen molar-refractivity contribution < 1.29 is 9.53 Å². The fourth-order valence-electron chi connectivity index (χ4n) is 2.51. The molecule has 2 N–H and O–H groups in total. The van der Waals surface area contributed by atoms with Crippen LogP contribution in [0.15, 0.2) is 24.3 Å². The lowest BCUT2D eigenvalue weighted by Crippen LogP contribution is -2.45. The lowest BCUT2D eigenvalue weighted by Gasteiger charge is -2.26. The molecular weight excluding hydrogens is 308 g/mol. The van der Waals surface area contributed by atoms with Gasteiger partial charge >= 0.3 is 5.97 Å². The van der Waals surface area contributed by atoms with Crippen molar-refractivity contribution in [3.63, 3.8) is 0 Å². The zero-order chi connectivity index (χ0) is 15.6. The van der Waals surface area contributed by atoms with Crippen molar-refractivity contribution in [2.45, 2.75) is 24.8 Å². The van der Waals surface area contributed by atoms with Gasteiger partial charge in [-0.2, -0.15) is 0 Å². The number of hydrogen-bond donors (Lipinski definition) is 1. The maximum atomic E-state index is 12.1. The molecule has 1 fully saturated rings. The first-order valence-corrected chi connectivity index (χ1v) is 7.55. The van der Waals surface area contributed by atoms with Crippen LogP contribution in [-0.2, 0) is 9.53 Å². The van der Waals surface area contributed by atoms with E-state index in [1.807, 2.05) is 24.0 Å². The lowest BCUT2D eigenvalue weighted by atomic mass is 9.98. The van der Waals surface area contributed by atoms with Gasteiger partial charge in [-0.25, -0.2) is 0 Å². The van der Waals surface area contributed by atoms with Crippen LogP contribution in [0.1, 0.15) is 24.8 Å². The summed E-state index contributed by atoms with van der Waals surface area (Å²) in [4.78, 5) is 14.8. The zero-order valence-corrected chi connectivity index (χ0v) is 13.7. The van der Waals surface area contributed by atoms with Gasteiger partial charge in [-0.1, -0.05) is 36.0 Å². The van der Waals surface area contributed by atoms with Crippen molar-refractivity contribution in [2.24, 2.45) is 5.73 Å². The van der Waals surface area contributed by atoms with Crippen LogP contribution in [0.2, 0.25) is 5.02 Å². The summed E-state index contributed by atoms with van der Waals surface area (Å²) in [6.45, 7) is 3.13. The monoisotopic (exact) mass is 326 g/mol. The van der Waals surface area contributed by atoms with Gasteiger partial charge in [-0.3, -0.25) is 4.79 Å². The molecule has 21 heavy (non-hydrogen) atoms. The summed E-state index contributed by atoms with van der Waals surface area (Å²) in [6, 6.07) is 7.25. The van der Waals surface area contributed by atoms with Gasteiger partial charge in [-0.05, 0) is 31.0 Å². The van der Waals surface area contributed by atoms with Crippen LogP contribution in [0.25, 0.3) is 0 Å². The van der Waals surface area contributed by atoms with Crippen molar-refractivity contribution >= 4 is 34.8 Å². The van der Waals surface area contributed by atoms with Gasteiger partial charge in [0.25, 0.3) is 0 Å². The molecule has 0 aromatic heterocycles. The van der Waals surface area contributed by atoms with E-state index in [4.69, 9.17) is 34.3 Å². The highest BCUT2D eigenvalue weighted by atomic mass is 35.5. The third-order valence-corrected chi connectivity index (χ3v) is 4.78. The fourth-order valence-corrected chi connectivity index (χ4v) is 2.98. The van der Waals surface area contributed by atoms with Gasteiger partial charge in [0.15, 0.2) is 0 Å². The van der Waals surface area contributed by atoms with Crippen LogP contribution < -0.4 is 5.73 Å². The number of hydrogen-bond acceptors (Lipinski definition) is 4. The molecule has 0 amide bonds. The molecule has 0 aliphatic carbocycles. The van der Waals surface area contributed by atoms with Crippen LogP contribution in [0.4, 0.5) is 0 Å². The largest absolute Gasteiger partial charge is 0.468 e. The van der Waals surface area contributed by atoms with Crippen LogP contribution in [0, 0.1) is 0 Å². The molecule has 0 bridgehead atoms. The van der Waals surface area contributed by atoms with E-state index in [1.165, 1.54) is 7.11 Å². The van der Waals surface area contributed by atoms with Gasteiger partial charge in [0, 0.05) is 18.1 Å². The molecule has 1 saturated heterocycles. The molecule has 1 aliphatic heterocycles. The Kier molecular flexibility index (Phi) is 4.86. The number of methoxy groups -OCH3 is 1. The third kappa shape index (κ3) is 3.54. The first kappa shape index (κ1) is 16.2. The molecule has 2 unspecified atom stereocenters. The zero-order valence-electron chi connectivity index (χ0n) is 12.1. The maximum Gasteiger partial charge on any atom is 0.314 e. The summed E-state index contributed by atoms with van der Waals surface area (Å²) in [7, 11) is 1.38. The molecule has 0 spiro atoms. The highest BCUT2D eigenvalue weighted by Crippen LogP contribution is 2.27. The molecule has 1 aromatic carbocycles. The first-order valence-electron chi connectivity index (χ1n) is 6.76. The van der Waals surface area contributed by atoms with E-state index in [9.17, 15) is 4.79 Å². The normalized spacial score (nSPS) is 23.2. The number of halogens is 1. The average Bonchev–Trinajstić information content (AvgIpc) is 2.70. The molecule has 114 valence electrons. The number of thiocarbonyl (C=S) groups is 1. The minimum atomic E-state index is -0.482. The second kappa shape index (κ2) is 6.30. The Morgan fingerprint density at radius 3 is 2.86 bits per heavy atom. The van der Waals surface area contributed by atoms with Gasteiger partial charge in [0.2, 0.25) is 0 Å². The number of esters is 1. The lowest BCUT2D eigenvalue weighted by molar-refractivity contribution is -0.142. The first-order chi connectivity index (χ1) is 9.85. The van der Waals surface area contributed by atoms with E-state index in [0.29, 0.717) is 16.6 Å². The van der Waals surface area contributed by atoms with Crippen LogP contribution >= 0.6 is 23.8 Å². The van der Waals surface area contributed by atoms with E-state index in [2.05, 4.69) is 0 Å². The topological polar surface area (TPSA) is 55.6 Å². The van der Waals surface area contributed by atoms with Crippen LogP contribution in [0.5, 0.6) is 0 Å². The molecule has 1 heterocycles. The van der Waals surface area contributed by atoms with Crippen molar-refractivity contribution in [1.29, 1.82) is 0 Å². The van der Waals surface area contributed by atoms with E-state index < -0.39 is 11.5 Å². The fraction of sp³-hybridized carbons (Fsp3) is 0.467. The molecule has 2 rings (SSSR count). The number of ether oxygens (including phenoxy) is 1. The summed E-state index contributed by atoms with van der Waals surface area (Å²) < 4.78 is 4.92. The summed E-state index contributed by atoms with van der Waals surface area (Å²) in [5.41, 5.74) is 6.48. The van der Waals surface area contributed by atoms with E-state index in [-0.39, 0.29) is 5.97 Å². The Morgan fingerprint density at radius 1 is 1.62 bits per heavy atom. The highest BCUT2D eigenvalue weighted by molar-refractivity contribution is 7.80. The number of likely N-dealkylation sites (tertiary alicyclic amines) is 1. The highest BCUT2D eigenvalue weighted by Gasteiger charge is 2.37. The number of rotatable bonds is 4. The number of nitrogens with two attached hydrogens (primary N) is 1. The Bertz CT molecular complexity index is 562. The Balaban J connectivity index is 2.23. The van der Waals surface area contributed by atoms with Crippen molar-refractivity contribution in [3.8, 4) is 0 Å². The van der Waals surface area contributed by atoms with E-state index in [1.54, 1.807) is 12.1 Å². The average molecular weight is 327 g/mol. The van der Waals surface area contributed by atoms with Gasteiger partial charge < -0.3 is 15.4 Å². The van der Waals surface area contributed by atoms with Crippen molar-refractivity contribution in [1.82, 2.24) is 4.90 Å². The number of carbonyl (C=O) groups excluding carboxylic acids is 1. The Labute approximate surface area is 135 Å². The number of carbonyl (C=O) groups is 1. The second-order valence-corrected chi connectivity index (χ2v) is 6.37. The molecule has 6 heteroatoms. The summed E-state index contributed by atoms with van der Waals surface area (Å²) in [5, 5.41) is 0.592. The molecule has 1 aromatic rings. The van der Waals surface area contributed by atoms with Crippen LogP contribution in [0.3, 0.4) is 0 Å². The molecular formula is C15H19ClN2O2S. The molecule has 1 aliphatic rings. The quantitative estimate of drug-likeness (QED) is 0.680. The van der Waals surface area contributed by atoms with Crippen molar-refractivity contribution in [2.75, 3.05) is 20.2 Å². The van der Waals surface area contributed by atoms with Crippen molar-refractivity contribution in [3.05, 3.63) is 34.9 Å². The molecule has 4 nitrogen and oxygen atoms in total. The smallest absolute Gasteiger partial charge is 0.314 e. The third-order valence-electron chi connectivity index (χ3n) is 3.82. The van der Waals surface area contributed by atoms with Gasteiger partial charge in [0.05, 0.1) is 23.6 Å². The predicted molar refractivity (Wildman–Crippen MR) is 87.6 cm³/mol.